The minimum atomic E-state index is -0.994. The number of hydrogen-bond donors (Lipinski definition) is 0. The number of nitrogens with zero attached hydrogens (tertiary/aromatic N) is 2. The van der Waals surface area contributed by atoms with Crippen molar-refractivity contribution in [2.75, 3.05) is 13.6 Å². The normalized spacial score (nSPS) is 21.1. The lowest BCUT2D eigenvalue weighted by molar-refractivity contribution is -0.155. The van der Waals surface area contributed by atoms with Crippen LogP contribution in [0.15, 0.2) is 0 Å². The first kappa shape index (κ1) is 30.1. The Hall–Kier alpha value is -1.10. The third-order valence-corrected chi connectivity index (χ3v) is 8.63. The molecule has 0 unspecified atom stereocenters. The van der Waals surface area contributed by atoms with E-state index in [4.69, 9.17) is 4.74 Å². The van der Waals surface area contributed by atoms with E-state index in [0.717, 1.165) is 12.8 Å². The molecule has 2 saturated heterocycles. The van der Waals surface area contributed by atoms with Gasteiger partial charge in [-0.05, 0) is 41.2 Å². The van der Waals surface area contributed by atoms with E-state index >= 15 is 0 Å². The number of amides is 2. The van der Waals surface area contributed by atoms with Gasteiger partial charge in [-0.25, -0.2) is 9.69 Å². The van der Waals surface area contributed by atoms with E-state index in [1.54, 1.807) is 0 Å². The summed E-state index contributed by atoms with van der Waals surface area (Å²) in [7, 11) is 2.10. The standard InChI is InChI=1S/C30H56N2O3/c1-7-8-9-10-11-12-13-14-15-16-17-18-19-20-21-22-23-32-26(33)30(35-27(32)34)24-28(2,3)31(6)29(4,5)25-30/h7-25H2,1-6H3. The molecule has 0 saturated carbocycles. The summed E-state index contributed by atoms with van der Waals surface area (Å²) in [5.74, 6) is -0.113. The largest absolute Gasteiger partial charge is 0.432 e. The second-order valence-corrected chi connectivity index (χ2v) is 12.7. The van der Waals surface area contributed by atoms with Crippen LogP contribution in [0.5, 0.6) is 0 Å². The van der Waals surface area contributed by atoms with Gasteiger partial charge in [-0.2, -0.15) is 0 Å². The van der Waals surface area contributed by atoms with Crippen LogP contribution in [-0.2, 0) is 9.53 Å². The maximum atomic E-state index is 13.3. The molecule has 0 radical (unpaired) electrons. The molecule has 2 fully saturated rings. The predicted molar refractivity (Wildman–Crippen MR) is 146 cm³/mol. The van der Waals surface area contributed by atoms with Crippen molar-refractivity contribution in [1.82, 2.24) is 9.80 Å². The first-order valence-corrected chi connectivity index (χ1v) is 14.8. The molecule has 0 aromatic carbocycles. The molecule has 5 heteroatoms. The van der Waals surface area contributed by atoms with Crippen LogP contribution in [0.4, 0.5) is 4.79 Å². The van der Waals surface area contributed by atoms with Crippen molar-refractivity contribution < 1.29 is 14.3 Å². The molecule has 204 valence electrons. The molecule has 0 aliphatic carbocycles. The van der Waals surface area contributed by atoms with Crippen molar-refractivity contribution in [2.24, 2.45) is 0 Å². The van der Waals surface area contributed by atoms with Crippen LogP contribution < -0.4 is 0 Å². The Morgan fingerprint density at radius 2 is 1.03 bits per heavy atom. The van der Waals surface area contributed by atoms with Crippen molar-refractivity contribution >= 4 is 12.0 Å². The van der Waals surface area contributed by atoms with Gasteiger partial charge in [-0.3, -0.25) is 9.69 Å². The van der Waals surface area contributed by atoms with E-state index in [2.05, 4.69) is 46.6 Å². The van der Waals surface area contributed by atoms with Crippen molar-refractivity contribution in [2.45, 2.75) is 167 Å². The molecule has 0 atom stereocenters. The Balaban J connectivity index is 1.54. The first-order valence-electron chi connectivity index (χ1n) is 14.8. The van der Waals surface area contributed by atoms with Crippen LogP contribution in [-0.4, -0.2) is 52.1 Å². The molecule has 5 nitrogen and oxygen atoms in total. The lowest BCUT2D eigenvalue weighted by Gasteiger charge is -2.55. The number of imide groups is 1. The minimum absolute atomic E-state index is 0.113. The number of piperidine rings is 1. The molecular weight excluding hydrogens is 436 g/mol. The van der Waals surface area contributed by atoms with Gasteiger partial charge in [-0.1, -0.05) is 103 Å². The van der Waals surface area contributed by atoms with Crippen LogP contribution >= 0.6 is 0 Å². The van der Waals surface area contributed by atoms with Crippen molar-refractivity contribution in [1.29, 1.82) is 0 Å². The summed E-state index contributed by atoms with van der Waals surface area (Å²) >= 11 is 0. The van der Waals surface area contributed by atoms with Gasteiger partial charge < -0.3 is 4.74 Å². The smallest absolute Gasteiger partial charge is 0.417 e. The van der Waals surface area contributed by atoms with Gasteiger partial charge in [0.1, 0.15) is 0 Å². The lowest BCUT2D eigenvalue weighted by atomic mass is 9.71. The highest BCUT2D eigenvalue weighted by molar-refractivity contribution is 6.03. The van der Waals surface area contributed by atoms with Gasteiger partial charge in [-0.15, -0.1) is 0 Å². The Labute approximate surface area is 216 Å². The maximum absolute atomic E-state index is 13.3. The molecule has 2 rings (SSSR count). The summed E-state index contributed by atoms with van der Waals surface area (Å²) < 4.78 is 5.82. The summed E-state index contributed by atoms with van der Waals surface area (Å²) in [4.78, 5) is 29.7. The Morgan fingerprint density at radius 1 is 0.657 bits per heavy atom. The highest BCUT2D eigenvalue weighted by atomic mass is 16.6. The van der Waals surface area contributed by atoms with Crippen LogP contribution in [0.25, 0.3) is 0 Å². The summed E-state index contributed by atoms with van der Waals surface area (Å²) in [5.41, 5.74) is -1.41. The molecular formula is C30H56N2O3. The fraction of sp³-hybridized carbons (Fsp3) is 0.933. The van der Waals surface area contributed by atoms with Crippen LogP contribution in [0.3, 0.4) is 0 Å². The van der Waals surface area contributed by atoms with Gasteiger partial charge >= 0.3 is 6.09 Å². The molecule has 0 bridgehead atoms. The highest BCUT2D eigenvalue weighted by Crippen LogP contribution is 2.47. The fourth-order valence-electron chi connectivity index (χ4n) is 6.35. The first-order chi connectivity index (χ1) is 16.6. The predicted octanol–water partition coefficient (Wildman–Crippen LogP) is 8.25. The summed E-state index contributed by atoms with van der Waals surface area (Å²) in [6, 6.07) is 0. The number of ether oxygens (including phenoxy) is 1. The van der Waals surface area contributed by atoms with Gasteiger partial charge in [0.05, 0.1) is 0 Å². The third-order valence-electron chi connectivity index (χ3n) is 8.63. The molecule has 0 aromatic heterocycles. The zero-order valence-electron chi connectivity index (χ0n) is 24.1. The van der Waals surface area contributed by atoms with Gasteiger partial charge in [0.25, 0.3) is 5.91 Å². The second kappa shape index (κ2) is 14.0. The number of likely N-dealkylation sites (tertiary alicyclic amines) is 1. The van der Waals surface area contributed by atoms with Gasteiger partial charge in [0.2, 0.25) is 0 Å². The van der Waals surface area contributed by atoms with Crippen LogP contribution in [0.1, 0.15) is 150 Å². The molecule has 1 spiro atoms. The average molecular weight is 493 g/mol. The molecule has 0 N–H and O–H groups in total. The van der Waals surface area contributed by atoms with Gasteiger partial charge in [0, 0.05) is 30.5 Å². The lowest BCUT2D eigenvalue weighted by Crippen LogP contribution is -2.66. The van der Waals surface area contributed by atoms with E-state index in [-0.39, 0.29) is 17.0 Å². The third kappa shape index (κ3) is 8.76. The molecule has 2 aliphatic rings. The number of unbranched alkanes of at least 4 members (excludes halogenated alkanes) is 15. The van der Waals surface area contributed by atoms with E-state index in [1.165, 1.54) is 94.8 Å². The highest BCUT2D eigenvalue weighted by Gasteiger charge is 2.62. The van der Waals surface area contributed by atoms with E-state index in [0.29, 0.717) is 19.4 Å². The zero-order valence-corrected chi connectivity index (χ0v) is 24.1. The Morgan fingerprint density at radius 3 is 1.43 bits per heavy atom. The van der Waals surface area contributed by atoms with Crippen molar-refractivity contribution in [3.63, 3.8) is 0 Å². The number of carbonyl (C=O) groups is 2. The van der Waals surface area contributed by atoms with E-state index in [9.17, 15) is 9.59 Å². The molecule has 35 heavy (non-hydrogen) atoms. The number of hydrogen-bond acceptors (Lipinski definition) is 4. The molecule has 0 aromatic rings. The van der Waals surface area contributed by atoms with E-state index < -0.39 is 11.7 Å². The molecule has 2 aliphatic heterocycles. The zero-order chi connectivity index (χ0) is 26.0. The Bertz CT molecular complexity index is 640. The van der Waals surface area contributed by atoms with Crippen molar-refractivity contribution in [3.05, 3.63) is 0 Å². The maximum Gasteiger partial charge on any atom is 0.417 e. The molecule has 2 amide bonds. The monoisotopic (exact) mass is 492 g/mol. The van der Waals surface area contributed by atoms with E-state index in [1.807, 2.05) is 0 Å². The van der Waals surface area contributed by atoms with Crippen molar-refractivity contribution in [3.8, 4) is 0 Å². The summed E-state index contributed by atoms with van der Waals surface area (Å²) in [6.45, 7) is 11.3. The van der Waals surface area contributed by atoms with Gasteiger partial charge in [0.15, 0.2) is 5.60 Å². The fourth-order valence-corrected chi connectivity index (χ4v) is 6.35. The van der Waals surface area contributed by atoms with Crippen LogP contribution in [0.2, 0.25) is 0 Å². The SMILES string of the molecule is CCCCCCCCCCCCCCCCCCN1C(=O)OC2(CC(C)(C)N(C)C(C)(C)C2)C1=O. The topological polar surface area (TPSA) is 49.9 Å². The minimum Gasteiger partial charge on any atom is -0.432 e. The molecule has 2 heterocycles. The summed E-state index contributed by atoms with van der Waals surface area (Å²) in [5, 5.41) is 0. The quantitative estimate of drug-likeness (QED) is 0.192. The van der Waals surface area contributed by atoms with Crippen LogP contribution in [0, 0.1) is 0 Å². The number of rotatable bonds is 17. The number of carbonyl (C=O) groups excluding carboxylic acids is 2. The second-order valence-electron chi connectivity index (χ2n) is 12.7. The Kier molecular flexibility index (Phi) is 12.1. The summed E-state index contributed by atoms with van der Waals surface area (Å²) in [6.07, 6.45) is 21.7. The average Bonchev–Trinajstić information content (AvgIpc) is 2.99.